The number of carbonyl (C=O) groups is 3. The Bertz CT molecular complexity index is 1100. The average Bonchev–Trinajstić information content (AvgIpc) is 3.27. The molecule has 2 amide bonds. The SMILES string of the molecule is CCN(C(=O)Nc1ccc(F)c(C(F)(F)F)c1)C1CCN(Cc2ccncc2)C1.O=C(O)C=CC(=O)O. The molecule has 0 saturated carbocycles. The van der Waals surface area contributed by atoms with Gasteiger partial charge in [-0.3, -0.25) is 9.88 Å². The van der Waals surface area contributed by atoms with Crippen LogP contribution in [0.3, 0.4) is 0 Å². The van der Waals surface area contributed by atoms with Gasteiger partial charge in [0.15, 0.2) is 0 Å². The van der Waals surface area contributed by atoms with E-state index in [4.69, 9.17) is 10.2 Å². The van der Waals surface area contributed by atoms with E-state index >= 15 is 0 Å². The molecule has 0 spiro atoms. The number of urea groups is 1. The van der Waals surface area contributed by atoms with Crippen molar-refractivity contribution in [3.8, 4) is 0 Å². The standard InChI is InChI=1S/C20H22F4N4O.C4H4O4/c1-2-28(16-7-10-27(13-16)12-14-5-8-25-9-6-14)19(29)26-15-3-4-18(21)17(11-15)20(22,23)24;5-3(6)1-2-4(7)8/h3-6,8-9,11,16H,2,7,10,12-13H2,1H3,(H,26,29);1-2H,(H,5,6)(H,7,8). The zero-order valence-corrected chi connectivity index (χ0v) is 19.8. The number of nitrogens with one attached hydrogen (secondary N) is 1. The predicted molar refractivity (Wildman–Crippen MR) is 125 cm³/mol. The van der Waals surface area contributed by atoms with Gasteiger partial charge in [0.2, 0.25) is 0 Å². The van der Waals surface area contributed by atoms with Gasteiger partial charge in [0.05, 0.1) is 5.56 Å². The van der Waals surface area contributed by atoms with Gasteiger partial charge in [0.1, 0.15) is 5.82 Å². The highest BCUT2D eigenvalue weighted by atomic mass is 19.4. The number of carbonyl (C=O) groups excluding carboxylic acids is 1. The third-order valence-electron chi connectivity index (χ3n) is 5.34. The maximum absolute atomic E-state index is 13.4. The van der Waals surface area contributed by atoms with Crippen molar-refractivity contribution >= 4 is 23.7 Å². The maximum Gasteiger partial charge on any atom is 0.419 e. The van der Waals surface area contributed by atoms with E-state index in [1.54, 1.807) is 17.3 Å². The molecule has 13 heteroatoms. The summed E-state index contributed by atoms with van der Waals surface area (Å²) >= 11 is 0. The van der Waals surface area contributed by atoms with Crippen molar-refractivity contribution in [2.45, 2.75) is 32.1 Å². The Hall–Kier alpha value is -4.00. The average molecular weight is 526 g/mol. The van der Waals surface area contributed by atoms with Gasteiger partial charge in [-0.25, -0.2) is 18.8 Å². The summed E-state index contributed by atoms with van der Waals surface area (Å²) in [6.45, 7) is 4.45. The van der Waals surface area contributed by atoms with Crippen LogP contribution in [0.15, 0.2) is 54.9 Å². The van der Waals surface area contributed by atoms with E-state index in [2.05, 4.69) is 15.2 Å². The van der Waals surface area contributed by atoms with Crippen LogP contribution in [0.5, 0.6) is 0 Å². The Balaban J connectivity index is 0.000000521. The number of halogens is 4. The van der Waals surface area contributed by atoms with Gasteiger partial charge in [0, 0.05) is 62.5 Å². The monoisotopic (exact) mass is 526 g/mol. The van der Waals surface area contributed by atoms with Gasteiger partial charge in [-0.1, -0.05) is 0 Å². The van der Waals surface area contributed by atoms with E-state index in [1.165, 1.54) is 0 Å². The number of rotatable bonds is 7. The molecule has 1 aromatic carbocycles. The van der Waals surface area contributed by atoms with Crippen molar-refractivity contribution in [3.05, 3.63) is 71.8 Å². The number of anilines is 1. The summed E-state index contributed by atoms with van der Waals surface area (Å²) < 4.78 is 52.1. The van der Waals surface area contributed by atoms with Crippen molar-refractivity contribution in [2.75, 3.05) is 25.0 Å². The lowest BCUT2D eigenvalue weighted by Gasteiger charge is -2.28. The van der Waals surface area contributed by atoms with E-state index in [-0.39, 0.29) is 11.7 Å². The Kier molecular flexibility index (Phi) is 10.5. The fraction of sp³-hybridized carbons (Fsp3) is 0.333. The Morgan fingerprint density at radius 2 is 1.76 bits per heavy atom. The molecule has 37 heavy (non-hydrogen) atoms. The fourth-order valence-corrected chi connectivity index (χ4v) is 3.68. The molecule has 1 saturated heterocycles. The number of hydrogen-bond acceptors (Lipinski definition) is 5. The second kappa shape index (κ2) is 13.3. The largest absolute Gasteiger partial charge is 0.478 e. The molecular weight excluding hydrogens is 500 g/mol. The number of benzene rings is 1. The number of amides is 2. The van der Waals surface area contributed by atoms with Crippen LogP contribution in [0.4, 0.5) is 28.0 Å². The first-order valence-electron chi connectivity index (χ1n) is 11.1. The Morgan fingerprint density at radius 3 is 2.30 bits per heavy atom. The number of alkyl halides is 3. The highest BCUT2D eigenvalue weighted by Gasteiger charge is 2.35. The summed E-state index contributed by atoms with van der Waals surface area (Å²) in [5, 5.41) is 18.1. The molecule has 1 aliphatic rings. The van der Waals surface area contributed by atoms with Gasteiger partial charge in [-0.2, -0.15) is 13.2 Å². The summed E-state index contributed by atoms with van der Waals surface area (Å²) in [7, 11) is 0. The smallest absolute Gasteiger partial charge is 0.419 e. The van der Waals surface area contributed by atoms with Crippen LogP contribution < -0.4 is 5.32 Å². The molecule has 0 bridgehead atoms. The van der Waals surface area contributed by atoms with Crippen molar-refractivity contribution in [1.29, 1.82) is 0 Å². The van der Waals surface area contributed by atoms with Gasteiger partial charge in [-0.15, -0.1) is 0 Å². The number of carboxylic acid groups (broad SMARTS) is 2. The second-order valence-corrected chi connectivity index (χ2v) is 7.95. The molecule has 2 heterocycles. The minimum atomic E-state index is -4.83. The zero-order valence-electron chi connectivity index (χ0n) is 19.8. The number of nitrogens with zero attached hydrogens (tertiary/aromatic N) is 3. The molecule has 1 unspecified atom stereocenters. The minimum absolute atomic E-state index is 0.0515. The summed E-state index contributed by atoms with van der Waals surface area (Å²) in [5.74, 6) is -3.88. The fourth-order valence-electron chi connectivity index (χ4n) is 3.68. The van der Waals surface area contributed by atoms with Gasteiger partial charge < -0.3 is 20.4 Å². The lowest BCUT2D eigenvalue weighted by molar-refractivity contribution is -0.140. The Labute approximate surface area is 210 Å². The second-order valence-electron chi connectivity index (χ2n) is 7.95. The Morgan fingerprint density at radius 1 is 1.14 bits per heavy atom. The number of carboxylic acids is 2. The molecule has 3 N–H and O–H groups in total. The highest BCUT2D eigenvalue weighted by Crippen LogP contribution is 2.33. The molecule has 9 nitrogen and oxygen atoms in total. The molecular formula is C24H26F4N4O5. The van der Waals surface area contributed by atoms with Crippen LogP contribution in [0.25, 0.3) is 0 Å². The topological polar surface area (TPSA) is 123 Å². The van der Waals surface area contributed by atoms with Gasteiger partial charge >= 0.3 is 24.1 Å². The number of pyridine rings is 1. The van der Waals surface area contributed by atoms with Crippen molar-refractivity contribution in [2.24, 2.45) is 0 Å². The first-order chi connectivity index (χ1) is 17.4. The molecule has 2 aromatic rings. The molecule has 1 fully saturated rings. The first-order valence-corrected chi connectivity index (χ1v) is 11.1. The lowest BCUT2D eigenvalue weighted by Crippen LogP contribution is -2.44. The number of hydrogen-bond donors (Lipinski definition) is 3. The van der Waals surface area contributed by atoms with Crippen molar-refractivity contribution < 1.29 is 42.2 Å². The molecule has 1 atom stereocenters. The van der Waals surface area contributed by atoms with Gasteiger partial charge in [-0.05, 0) is 49.2 Å². The molecule has 200 valence electrons. The van der Waals surface area contributed by atoms with E-state index in [9.17, 15) is 31.9 Å². The summed E-state index contributed by atoms with van der Waals surface area (Å²) in [5.41, 5.74) is -0.365. The third kappa shape index (κ3) is 9.52. The zero-order chi connectivity index (χ0) is 27.6. The van der Waals surface area contributed by atoms with Crippen molar-refractivity contribution in [3.63, 3.8) is 0 Å². The molecule has 1 aromatic heterocycles. The third-order valence-corrected chi connectivity index (χ3v) is 5.34. The van der Waals surface area contributed by atoms with Crippen LogP contribution in [0.1, 0.15) is 24.5 Å². The highest BCUT2D eigenvalue weighted by molar-refractivity contribution is 5.90. The van der Waals surface area contributed by atoms with E-state index < -0.39 is 35.5 Å². The molecule has 1 aliphatic heterocycles. The summed E-state index contributed by atoms with van der Waals surface area (Å²) in [6, 6.07) is 5.77. The van der Waals surface area contributed by atoms with E-state index in [0.29, 0.717) is 37.4 Å². The number of aliphatic carboxylic acids is 2. The van der Waals surface area contributed by atoms with Crippen LogP contribution in [0.2, 0.25) is 0 Å². The molecule has 0 radical (unpaired) electrons. The summed E-state index contributed by atoms with van der Waals surface area (Å²) in [6.07, 6.45) is 0.515. The lowest BCUT2D eigenvalue weighted by atomic mass is 10.2. The van der Waals surface area contributed by atoms with Crippen molar-refractivity contribution in [1.82, 2.24) is 14.8 Å². The predicted octanol–water partition coefficient (Wildman–Crippen LogP) is 4.08. The normalized spacial score (nSPS) is 15.6. The number of likely N-dealkylation sites (tertiary alicyclic amines) is 1. The number of aromatic nitrogens is 1. The van der Waals surface area contributed by atoms with Crippen LogP contribution in [0, 0.1) is 5.82 Å². The first kappa shape index (κ1) is 29.2. The quantitative estimate of drug-likeness (QED) is 0.367. The van der Waals surface area contributed by atoms with Crippen LogP contribution in [-0.4, -0.2) is 68.6 Å². The maximum atomic E-state index is 13.4. The molecule has 3 rings (SSSR count). The van der Waals surface area contributed by atoms with Gasteiger partial charge in [0.25, 0.3) is 0 Å². The van der Waals surface area contributed by atoms with E-state index in [0.717, 1.165) is 31.1 Å². The minimum Gasteiger partial charge on any atom is -0.478 e. The molecule has 0 aliphatic carbocycles. The van der Waals surface area contributed by atoms with Crippen LogP contribution in [-0.2, 0) is 22.3 Å². The summed E-state index contributed by atoms with van der Waals surface area (Å²) in [4.78, 5) is 39.6. The van der Waals surface area contributed by atoms with E-state index in [1.807, 2.05) is 19.1 Å². The van der Waals surface area contributed by atoms with Crippen LogP contribution >= 0.6 is 0 Å². The number of likely N-dealkylation sites (N-methyl/N-ethyl adjacent to an activating group) is 1.